The van der Waals surface area contributed by atoms with Crippen molar-refractivity contribution in [3.8, 4) is 0 Å². The van der Waals surface area contributed by atoms with Crippen molar-refractivity contribution in [2.75, 3.05) is 17.2 Å². The lowest BCUT2D eigenvalue weighted by Gasteiger charge is -2.16. The van der Waals surface area contributed by atoms with Crippen molar-refractivity contribution < 1.29 is 17.1 Å². The molecule has 0 spiro atoms. The van der Waals surface area contributed by atoms with Crippen LogP contribution in [-0.4, -0.2) is 42.0 Å². The normalized spacial score (nSPS) is 19.9. The van der Waals surface area contributed by atoms with Gasteiger partial charge in [-0.15, -0.1) is 3.89 Å². The number of nitrogens with zero attached hydrogens (tertiary/aromatic N) is 3. The van der Waals surface area contributed by atoms with E-state index < -0.39 is 21.9 Å². The van der Waals surface area contributed by atoms with Crippen LogP contribution in [0.2, 0.25) is 0 Å². The van der Waals surface area contributed by atoms with E-state index in [1.165, 1.54) is 4.90 Å². The Morgan fingerprint density at radius 1 is 1.35 bits per heavy atom. The molecule has 3 rings (SSSR count). The zero-order chi connectivity index (χ0) is 14.3. The third-order valence-corrected chi connectivity index (χ3v) is 4.12. The number of aromatic nitrogens is 3. The first-order valence-corrected chi connectivity index (χ1v) is 7.51. The Hall–Kier alpha value is -2.03. The van der Waals surface area contributed by atoms with Gasteiger partial charge in [0.25, 0.3) is 0 Å². The van der Waals surface area contributed by atoms with E-state index in [2.05, 4.69) is 15.4 Å². The fraction of sp³-hybridized carbons (Fsp3) is 0.364. The first-order valence-electron chi connectivity index (χ1n) is 5.95. The van der Waals surface area contributed by atoms with Crippen LogP contribution in [0.5, 0.6) is 0 Å². The molecule has 2 aromatic rings. The minimum absolute atomic E-state index is 0.0278. The van der Waals surface area contributed by atoms with E-state index in [4.69, 9.17) is 0 Å². The van der Waals surface area contributed by atoms with Crippen molar-refractivity contribution in [2.45, 2.75) is 6.42 Å². The quantitative estimate of drug-likeness (QED) is 0.838. The first-order chi connectivity index (χ1) is 9.42. The van der Waals surface area contributed by atoms with Crippen LogP contribution in [0.4, 0.5) is 9.57 Å². The molecule has 1 N–H and O–H groups in total. The highest BCUT2D eigenvalue weighted by Crippen LogP contribution is 2.27. The maximum absolute atomic E-state index is 12.7. The predicted molar refractivity (Wildman–Crippen MR) is 69.2 cm³/mol. The zero-order valence-electron chi connectivity index (χ0n) is 10.3. The number of hydrogen-bond acceptors (Lipinski definition) is 5. The van der Waals surface area contributed by atoms with Crippen molar-refractivity contribution in [3.05, 3.63) is 18.2 Å². The van der Waals surface area contributed by atoms with Gasteiger partial charge < -0.3 is 4.90 Å². The molecule has 2 heterocycles. The molecule has 1 aromatic carbocycles. The minimum atomic E-state index is -4.57. The lowest BCUT2D eigenvalue weighted by atomic mass is 10.1. The Morgan fingerprint density at radius 3 is 2.85 bits per heavy atom. The summed E-state index contributed by atoms with van der Waals surface area (Å²) in [6.07, 6.45) is 0.0278. The van der Waals surface area contributed by atoms with Crippen molar-refractivity contribution in [1.82, 2.24) is 15.4 Å². The number of halogens is 1. The number of fused-ring (bicyclic) bond motifs is 1. The van der Waals surface area contributed by atoms with Crippen molar-refractivity contribution in [2.24, 2.45) is 5.92 Å². The second kappa shape index (κ2) is 4.51. The highest BCUT2D eigenvalue weighted by Gasteiger charge is 2.33. The molecule has 1 aromatic heterocycles. The van der Waals surface area contributed by atoms with Gasteiger partial charge in [-0.1, -0.05) is 0 Å². The summed E-state index contributed by atoms with van der Waals surface area (Å²) in [5, 5.41) is 10.3. The van der Waals surface area contributed by atoms with Gasteiger partial charge >= 0.3 is 10.2 Å². The van der Waals surface area contributed by atoms with Crippen LogP contribution >= 0.6 is 0 Å². The summed E-state index contributed by atoms with van der Waals surface area (Å²) < 4.78 is 34.0. The molecule has 1 amide bonds. The topological polar surface area (TPSA) is 96.0 Å². The molecule has 1 aliphatic heterocycles. The largest absolute Gasteiger partial charge is 0.312 e. The number of hydrogen-bond donors (Lipinski definition) is 1. The van der Waals surface area contributed by atoms with Gasteiger partial charge in [-0.05, 0) is 18.2 Å². The summed E-state index contributed by atoms with van der Waals surface area (Å²) in [5.41, 5.74) is 1.88. The summed E-state index contributed by atoms with van der Waals surface area (Å²) in [5.74, 6) is -1.37. The molecule has 1 aliphatic rings. The van der Waals surface area contributed by atoms with Crippen LogP contribution in [0.1, 0.15) is 6.42 Å². The Labute approximate surface area is 114 Å². The van der Waals surface area contributed by atoms with E-state index in [9.17, 15) is 17.1 Å². The number of benzene rings is 1. The van der Waals surface area contributed by atoms with Crippen LogP contribution in [0.25, 0.3) is 11.0 Å². The summed E-state index contributed by atoms with van der Waals surface area (Å²) in [6.45, 7) is 0.186. The maximum Gasteiger partial charge on any atom is 0.302 e. The molecule has 1 saturated heterocycles. The molecule has 1 fully saturated rings. The zero-order valence-corrected chi connectivity index (χ0v) is 11.1. The lowest BCUT2D eigenvalue weighted by molar-refractivity contribution is -0.117. The predicted octanol–water partition coefficient (Wildman–Crippen LogP) is 0.610. The number of amides is 1. The molecule has 0 aliphatic carbocycles. The fourth-order valence-electron chi connectivity index (χ4n) is 2.42. The Bertz CT molecular complexity index is 773. The van der Waals surface area contributed by atoms with Crippen molar-refractivity contribution in [3.63, 3.8) is 0 Å². The average Bonchev–Trinajstić information content (AvgIpc) is 2.92. The van der Waals surface area contributed by atoms with Crippen LogP contribution < -0.4 is 4.90 Å². The van der Waals surface area contributed by atoms with Gasteiger partial charge in [-0.3, -0.25) is 4.79 Å². The van der Waals surface area contributed by atoms with Crippen LogP contribution in [0.3, 0.4) is 0 Å². The molecule has 0 saturated carbocycles. The van der Waals surface area contributed by atoms with E-state index >= 15 is 0 Å². The third kappa shape index (κ3) is 2.48. The highest BCUT2D eigenvalue weighted by atomic mass is 32.3. The van der Waals surface area contributed by atoms with Gasteiger partial charge in [0.2, 0.25) is 5.91 Å². The molecular formula is C11H11FN4O3S. The Kier molecular flexibility index (Phi) is 2.93. The molecule has 20 heavy (non-hydrogen) atoms. The summed E-state index contributed by atoms with van der Waals surface area (Å²) in [7, 11) is -4.57. The van der Waals surface area contributed by atoms with Crippen LogP contribution in [0, 0.1) is 5.92 Å². The molecule has 0 radical (unpaired) electrons. The number of carbonyl (C=O) groups is 1. The van der Waals surface area contributed by atoms with Crippen LogP contribution in [0.15, 0.2) is 18.2 Å². The van der Waals surface area contributed by atoms with Gasteiger partial charge in [-0.2, -0.15) is 23.8 Å². The number of rotatable bonds is 3. The monoisotopic (exact) mass is 298 g/mol. The lowest BCUT2D eigenvalue weighted by Crippen LogP contribution is -2.25. The second-order valence-corrected chi connectivity index (χ2v) is 6.19. The maximum atomic E-state index is 12.7. The number of nitrogens with one attached hydrogen (secondary N) is 1. The van der Waals surface area contributed by atoms with E-state index in [-0.39, 0.29) is 18.9 Å². The number of carbonyl (C=O) groups excluding carboxylic acids is 1. The van der Waals surface area contributed by atoms with E-state index in [0.29, 0.717) is 16.7 Å². The van der Waals surface area contributed by atoms with Gasteiger partial charge in [0.15, 0.2) is 0 Å². The molecule has 9 heteroatoms. The SMILES string of the molecule is O=C1CC(CS(=O)(=O)F)CN1c1ccc2n[nH]nc2c1. The molecule has 106 valence electrons. The van der Waals surface area contributed by atoms with Crippen molar-refractivity contribution >= 4 is 32.9 Å². The van der Waals surface area contributed by atoms with E-state index in [1.807, 2.05) is 0 Å². The Balaban J connectivity index is 1.85. The molecular weight excluding hydrogens is 287 g/mol. The summed E-state index contributed by atoms with van der Waals surface area (Å²) >= 11 is 0. The highest BCUT2D eigenvalue weighted by molar-refractivity contribution is 7.86. The first kappa shape index (κ1) is 13.0. The molecule has 7 nitrogen and oxygen atoms in total. The third-order valence-electron chi connectivity index (χ3n) is 3.25. The molecule has 1 atom stereocenters. The number of H-pyrrole nitrogens is 1. The summed E-state index contributed by atoms with van der Waals surface area (Å²) in [6, 6.07) is 5.10. The van der Waals surface area contributed by atoms with Gasteiger partial charge in [0, 0.05) is 24.6 Å². The molecule has 1 unspecified atom stereocenters. The second-order valence-electron chi connectivity index (χ2n) is 4.78. The van der Waals surface area contributed by atoms with Crippen LogP contribution in [-0.2, 0) is 15.0 Å². The van der Waals surface area contributed by atoms with Gasteiger partial charge in [0.05, 0.1) is 5.75 Å². The number of aromatic amines is 1. The Morgan fingerprint density at radius 2 is 2.10 bits per heavy atom. The average molecular weight is 298 g/mol. The van der Waals surface area contributed by atoms with Crippen molar-refractivity contribution in [1.29, 1.82) is 0 Å². The number of anilines is 1. The molecule has 0 bridgehead atoms. The fourth-order valence-corrected chi connectivity index (χ4v) is 3.21. The smallest absolute Gasteiger partial charge is 0.302 e. The standard InChI is InChI=1S/C11H11FN4O3S/c12-20(18,19)6-7-3-11(17)16(5-7)8-1-2-9-10(4-8)14-15-13-9/h1-2,4,7H,3,5-6H2,(H,13,14,15). The van der Waals surface area contributed by atoms with Gasteiger partial charge in [-0.25, -0.2) is 0 Å². The van der Waals surface area contributed by atoms with E-state index in [1.54, 1.807) is 18.2 Å². The van der Waals surface area contributed by atoms with E-state index in [0.717, 1.165) is 0 Å². The van der Waals surface area contributed by atoms with Gasteiger partial charge in [0.1, 0.15) is 11.0 Å². The minimum Gasteiger partial charge on any atom is -0.312 e. The summed E-state index contributed by atoms with van der Waals surface area (Å²) in [4.78, 5) is 13.4.